The zero-order valence-corrected chi connectivity index (χ0v) is 11.0. The van der Waals surface area contributed by atoms with E-state index in [1.165, 1.54) is 34.9 Å². The highest BCUT2D eigenvalue weighted by molar-refractivity contribution is 9.10. The van der Waals surface area contributed by atoms with Gasteiger partial charge < -0.3 is 5.32 Å². The second-order valence-corrected chi connectivity index (χ2v) is 5.32. The van der Waals surface area contributed by atoms with Crippen LogP contribution in [0.3, 0.4) is 0 Å². The maximum atomic E-state index is 3.60. The van der Waals surface area contributed by atoms with Crippen LogP contribution in [0.15, 0.2) is 22.7 Å². The molecular formula is C13H18BrN. The van der Waals surface area contributed by atoms with Crippen molar-refractivity contribution in [2.24, 2.45) is 5.92 Å². The molecule has 2 heteroatoms. The number of nitrogens with one attached hydrogen (secondary N) is 1. The minimum absolute atomic E-state index is 0.538. The molecule has 0 aliphatic heterocycles. The fraction of sp³-hybridized carbons (Fsp3) is 0.538. The lowest BCUT2D eigenvalue weighted by atomic mass is 9.77. The van der Waals surface area contributed by atoms with Gasteiger partial charge in [-0.15, -0.1) is 0 Å². The number of hydrogen-bond acceptors (Lipinski definition) is 1. The quantitative estimate of drug-likeness (QED) is 0.878. The Hall–Kier alpha value is -0.340. The van der Waals surface area contributed by atoms with Crippen LogP contribution in [-0.4, -0.2) is 7.05 Å². The summed E-state index contributed by atoms with van der Waals surface area (Å²) in [5.41, 5.74) is 2.72. The molecule has 1 aliphatic carbocycles. The summed E-state index contributed by atoms with van der Waals surface area (Å²) in [6, 6.07) is 7.24. The van der Waals surface area contributed by atoms with Crippen LogP contribution in [0, 0.1) is 12.8 Å². The molecule has 1 atom stereocenters. The van der Waals surface area contributed by atoms with E-state index in [0.717, 1.165) is 5.92 Å². The van der Waals surface area contributed by atoms with Gasteiger partial charge in [-0.25, -0.2) is 0 Å². The van der Waals surface area contributed by atoms with E-state index < -0.39 is 0 Å². The summed E-state index contributed by atoms with van der Waals surface area (Å²) in [4.78, 5) is 0. The molecule has 0 heterocycles. The maximum absolute atomic E-state index is 3.60. The summed E-state index contributed by atoms with van der Waals surface area (Å²) in [6.07, 6.45) is 4.14. The highest BCUT2D eigenvalue weighted by Gasteiger charge is 2.27. The Balaban J connectivity index is 2.21. The third kappa shape index (κ3) is 2.26. The SMILES string of the molecule is CNC(c1ccc(C)c(Br)c1)C1CCC1. The van der Waals surface area contributed by atoms with Crippen LogP contribution in [-0.2, 0) is 0 Å². The van der Waals surface area contributed by atoms with Crippen LogP contribution in [0.2, 0.25) is 0 Å². The fourth-order valence-corrected chi connectivity index (χ4v) is 2.65. The molecule has 1 fully saturated rings. The van der Waals surface area contributed by atoms with Crippen molar-refractivity contribution in [1.82, 2.24) is 5.32 Å². The molecule has 0 bridgehead atoms. The predicted molar refractivity (Wildman–Crippen MR) is 68.0 cm³/mol. The van der Waals surface area contributed by atoms with Crippen molar-refractivity contribution < 1.29 is 0 Å². The molecule has 15 heavy (non-hydrogen) atoms. The highest BCUT2D eigenvalue weighted by atomic mass is 79.9. The van der Waals surface area contributed by atoms with Crippen LogP contribution in [0.5, 0.6) is 0 Å². The molecule has 0 amide bonds. The lowest BCUT2D eigenvalue weighted by Gasteiger charge is -2.34. The zero-order valence-electron chi connectivity index (χ0n) is 9.39. The number of rotatable bonds is 3. The van der Waals surface area contributed by atoms with E-state index in [9.17, 15) is 0 Å². The minimum atomic E-state index is 0.538. The van der Waals surface area contributed by atoms with Gasteiger partial charge in [-0.2, -0.15) is 0 Å². The average molecular weight is 268 g/mol. The molecule has 1 unspecified atom stereocenters. The van der Waals surface area contributed by atoms with Gasteiger partial charge in [-0.05, 0) is 49.9 Å². The topological polar surface area (TPSA) is 12.0 Å². The lowest BCUT2D eigenvalue weighted by molar-refractivity contribution is 0.239. The molecule has 2 rings (SSSR count). The van der Waals surface area contributed by atoms with Gasteiger partial charge in [0, 0.05) is 10.5 Å². The van der Waals surface area contributed by atoms with Gasteiger partial charge in [0.2, 0.25) is 0 Å². The molecule has 1 nitrogen and oxygen atoms in total. The van der Waals surface area contributed by atoms with Gasteiger partial charge in [0.25, 0.3) is 0 Å². The second-order valence-electron chi connectivity index (χ2n) is 4.47. The lowest BCUT2D eigenvalue weighted by Crippen LogP contribution is -2.29. The predicted octanol–water partition coefficient (Wildman–Crippen LogP) is 3.82. The zero-order chi connectivity index (χ0) is 10.8. The van der Waals surface area contributed by atoms with Crippen LogP contribution < -0.4 is 5.32 Å². The summed E-state index contributed by atoms with van der Waals surface area (Å²) in [6.45, 7) is 2.13. The van der Waals surface area contributed by atoms with Crippen molar-refractivity contribution in [2.45, 2.75) is 32.2 Å². The van der Waals surface area contributed by atoms with E-state index in [2.05, 4.69) is 53.4 Å². The maximum Gasteiger partial charge on any atom is 0.0346 e. The first kappa shape index (κ1) is 11.2. The summed E-state index contributed by atoms with van der Waals surface area (Å²) in [5, 5.41) is 3.45. The molecule has 0 spiro atoms. The normalized spacial score (nSPS) is 18.6. The molecule has 82 valence electrons. The Labute approximate surface area is 100 Å². The monoisotopic (exact) mass is 267 g/mol. The Morgan fingerprint density at radius 3 is 2.60 bits per heavy atom. The van der Waals surface area contributed by atoms with Crippen LogP contribution >= 0.6 is 15.9 Å². The second kappa shape index (κ2) is 4.67. The molecule has 1 aromatic rings. The van der Waals surface area contributed by atoms with Crippen molar-refractivity contribution in [1.29, 1.82) is 0 Å². The van der Waals surface area contributed by atoms with Gasteiger partial charge in [0.1, 0.15) is 0 Å². The third-order valence-electron chi connectivity index (χ3n) is 3.49. The Morgan fingerprint density at radius 1 is 1.40 bits per heavy atom. The fourth-order valence-electron chi connectivity index (χ4n) is 2.25. The van der Waals surface area contributed by atoms with Crippen molar-refractivity contribution in [3.05, 3.63) is 33.8 Å². The summed E-state index contributed by atoms with van der Waals surface area (Å²) in [5.74, 6) is 0.838. The highest BCUT2D eigenvalue weighted by Crippen LogP contribution is 2.38. The Bertz CT molecular complexity index is 344. The Kier molecular flexibility index (Phi) is 3.47. The van der Waals surface area contributed by atoms with Gasteiger partial charge >= 0.3 is 0 Å². The number of halogens is 1. The smallest absolute Gasteiger partial charge is 0.0346 e. The number of hydrogen-bond donors (Lipinski definition) is 1. The summed E-state index contributed by atoms with van der Waals surface area (Å²) >= 11 is 3.60. The largest absolute Gasteiger partial charge is 0.313 e. The number of aryl methyl sites for hydroxylation is 1. The Morgan fingerprint density at radius 2 is 2.13 bits per heavy atom. The van der Waals surface area contributed by atoms with Gasteiger partial charge in [0.05, 0.1) is 0 Å². The third-order valence-corrected chi connectivity index (χ3v) is 4.34. The van der Waals surface area contributed by atoms with Crippen LogP contribution in [0.4, 0.5) is 0 Å². The van der Waals surface area contributed by atoms with E-state index in [-0.39, 0.29) is 0 Å². The first-order valence-electron chi connectivity index (χ1n) is 5.65. The van der Waals surface area contributed by atoms with E-state index in [0.29, 0.717) is 6.04 Å². The minimum Gasteiger partial charge on any atom is -0.313 e. The molecule has 1 aliphatic rings. The van der Waals surface area contributed by atoms with E-state index in [1.54, 1.807) is 0 Å². The van der Waals surface area contributed by atoms with E-state index in [4.69, 9.17) is 0 Å². The van der Waals surface area contributed by atoms with E-state index in [1.807, 2.05) is 0 Å². The molecule has 0 aromatic heterocycles. The first-order chi connectivity index (χ1) is 7.22. The molecule has 0 saturated heterocycles. The average Bonchev–Trinajstić information content (AvgIpc) is 2.16. The first-order valence-corrected chi connectivity index (χ1v) is 6.45. The molecule has 1 saturated carbocycles. The van der Waals surface area contributed by atoms with Crippen molar-refractivity contribution in [2.75, 3.05) is 7.05 Å². The number of benzene rings is 1. The van der Waals surface area contributed by atoms with Crippen molar-refractivity contribution in [3.63, 3.8) is 0 Å². The van der Waals surface area contributed by atoms with Gasteiger partial charge in [-0.3, -0.25) is 0 Å². The van der Waals surface area contributed by atoms with Gasteiger partial charge in [-0.1, -0.05) is 34.5 Å². The summed E-state index contributed by atoms with van der Waals surface area (Å²) in [7, 11) is 2.07. The van der Waals surface area contributed by atoms with Crippen LogP contribution in [0.1, 0.15) is 36.4 Å². The van der Waals surface area contributed by atoms with Crippen LogP contribution in [0.25, 0.3) is 0 Å². The van der Waals surface area contributed by atoms with Crippen molar-refractivity contribution >= 4 is 15.9 Å². The molecular weight excluding hydrogens is 250 g/mol. The standard InChI is InChI=1S/C13H18BrN/c1-9-6-7-11(8-12(9)14)13(15-2)10-4-3-5-10/h6-8,10,13,15H,3-5H2,1-2H3. The van der Waals surface area contributed by atoms with Crippen molar-refractivity contribution in [3.8, 4) is 0 Å². The molecule has 1 N–H and O–H groups in total. The summed E-state index contributed by atoms with van der Waals surface area (Å²) < 4.78 is 1.22. The molecule has 1 aromatic carbocycles. The van der Waals surface area contributed by atoms with Gasteiger partial charge in [0.15, 0.2) is 0 Å². The van der Waals surface area contributed by atoms with E-state index >= 15 is 0 Å². The molecule has 0 radical (unpaired) electrons.